The molecule has 0 bridgehead atoms. The van der Waals surface area contributed by atoms with E-state index in [0.717, 1.165) is 0 Å². The van der Waals surface area contributed by atoms with Gasteiger partial charge in [-0.1, -0.05) is 5.21 Å². The minimum Gasteiger partial charge on any atom is -0.372 e. The van der Waals surface area contributed by atoms with Crippen LogP contribution in [0.5, 0.6) is 0 Å². The van der Waals surface area contributed by atoms with Gasteiger partial charge in [-0.15, -0.1) is 5.10 Å². The summed E-state index contributed by atoms with van der Waals surface area (Å²) in [6.07, 6.45) is -2.16. The molecule has 0 aliphatic carbocycles. The van der Waals surface area contributed by atoms with Crippen LogP contribution in [0.4, 0.5) is 13.2 Å². The molecule has 0 unspecified atom stereocenters. The fourth-order valence-electron chi connectivity index (χ4n) is 1.22. The monoisotopic (exact) mass is 266 g/mol. The summed E-state index contributed by atoms with van der Waals surface area (Å²) in [4.78, 5) is 0. The van der Waals surface area contributed by atoms with Crippen molar-refractivity contribution in [1.29, 1.82) is 0 Å². The molecule has 1 rings (SSSR count). The normalized spacial score (nSPS) is 13.0. The van der Waals surface area contributed by atoms with E-state index in [-0.39, 0.29) is 6.61 Å². The zero-order valence-corrected chi connectivity index (χ0v) is 10.4. The van der Waals surface area contributed by atoms with Gasteiger partial charge < -0.3 is 10.5 Å². The van der Waals surface area contributed by atoms with E-state index in [1.54, 1.807) is 24.7 Å². The molecule has 1 aromatic rings. The predicted molar refractivity (Wildman–Crippen MR) is 58.7 cm³/mol. The van der Waals surface area contributed by atoms with Crippen LogP contribution < -0.4 is 5.73 Å². The van der Waals surface area contributed by atoms with Gasteiger partial charge in [-0.3, -0.25) is 4.68 Å². The molecule has 0 radical (unpaired) electrons. The highest BCUT2D eigenvalue weighted by atomic mass is 19.4. The van der Waals surface area contributed by atoms with E-state index in [1.165, 1.54) is 0 Å². The second-order valence-electron chi connectivity index (χ2n) is 4.61. The minimum absolute atomic E-state index is 0.0285. The molecule has 104 valence electrons. The first-order chi connectivity index (χ1) is 8.18. The Morgan fingerprint density at radius 3 is 2.56 bits per heavy atom. The predicted octanol–water partition coefficient (Wildman–Crippen LogP) is 1.44. The van der Waals surface area contributed by atoms with Gasteiger partial charge in [-0.25, -0.2) is 0 Å². The Morgan fingerprint density at radius 1 is 1.39 bits per heavy atom. The van der Waals surface area contributed by atoms with E-state index in [9.17, 15) is 13.2 Å². The Balaban J connectivity index is 2.26. The molecule has 0 spiro atoms. The van der Waals surface area contributed by atoms with Crippen molar-refractivity contribution >= 4 is 0 Å². The summed E-state index contributed by atoms with van der Waals surface area (Å²) in [6.45, 7) is 2.86. The zero-order valence-electron chi connectivity index (χ0n) is 10.4. The quantitative estimate of drug-likeness (QED) is 0.791. The van der Waals surface area contributed by atoms with E-state index in [1.807, 2.05) is 0 Å². The lowest BCUT2D eigenvalue weighted by molar-refractivity contribution is -0.174. The van der Waals surface area contributed by atoms with E-state index in [4.69, 9.17) is 5.73 Å². The number of nitrogens with zero attached hydrogens (tertiary/aromatic N) is 3. The largest absolute Gasteiger partial charge is 0.411 e. The summed E-state index contributed by atoms with van der Waals surface area (Å²) in [7, 11) is 0. The number of ether oxygens (including phenoxy) is 1. The summed E-state index contributed by atoms with van der Waals surface area (Å²) < 4.78 is 41.3. The van der Waals surface area contributed by atoms with Crippen LogP contribution in [0.2, 0.25) is 0 Å². The van der Waals surface area contributed by atoms with E-state index in [2.05, 4.69) is 15.0 Å². The standard InChI is InChI=1S/C10H17F3N4O/c1-9(2,14)8-6-17(16-15-8)4-3-5-18-7-10(11,12)13/h6H,3-5,7,14H2,1-2H3. The molecule has 0 amide bonds. The maximum absolute atomic E-state index is 11.8. The molecular formula is C10H17F3N4O. The van der Waals surface area contributed by atoms with Crippen LogP contribution >= 0.6 is 0 Å². The van der Waals surface area contributed by atoms with Crippen LogP contribution in [-0.4, -0.2) is 34.4 Å². The first-order valence-corrected chi connectivity index (χ1v) is 5.52. The van der Waals surface area contributed by atoms with Gasteiger partial charge in [-0.05, 0) is 20.3 Å². The van der Waals surface area contributed by atoms with Gasteiger partial charge in [0.05, 0.1) is 11.7 Å². The molecule has 1 heterocycles. The highest BCUT2D eigenvalue weighted by molar-refractivity contribution is 5.05. The fourth-order valence-corrected chi connectivity index (χ4v) is 1.22. The highest BCUT2D eigenvalue weighted by Crippen LogP contribution is 2.15. The summed E-state index contributed by atoms with van der Waals surface area (Å²) in [5.74, 6) is 0. The number of hydrogen-bond donors (Lipinski definition) is 1. The van der Waals surface area contributed by atoms with Crippen molar-refractivity contribution < 1.29 is 17.9 Å². The maximum Gasteiger partial charge on any atom is 0.411 e. The molecule has 0 saturated heterocycles. The SMILES string of the molecule is CC(C)(N)c1cn(CCCOCC(F)(F)F)nn1. The van der Waals surface area contributed by atoms with E-state index < -0.39 is 18.3 Å². The molecule has 1 aromatic heterocycles. The smallest absolute Gasteiger partial charge is 0.372 e. The van der Waals surface area contributed by atoms with Gasteiger partial charge in [0.15, 0.2) is 0 Å². The Hall–Kier alpha value is -1.15. The molecule has 0 aliphatic heterocycles. The van der Waals surface area contributed by atoms with Crippen LogP contribution in [-0.2, 0) is 16.8 Å². The molecule has 0 saturated carbocycles. The van der Waals surface area contributed by atoms with Crippen molar-refractivity contribution in [3.05, 3.63) is 11.9 Å². The molecule has 8 heteroatoms. The Morgan fingerprint density at radius 2 is 2.06 bits per heavy atom. The van der Waals surface area contributed by atoms with Crippen LogP contribution in [0.1, 0.15) is 26.0 Å². The maximum atomic E-state index is 11.8. The van der Waals surface area contributed by atoms with Gasteiger partial charge in [0.2, 0.25) is 0 Å². The van der Waals surface area contributed by atoms with Crippen molar-refractivity contribution in [2.45, 2.75) is 38.5 Å². The van der Waals surface area contributed by atoms with Gasteiger partial charge >= 0.3 is 6.18 Å². The minimum atomic E-state index is -4.27. The third-order valence-corrected chi connectivity index (χ3v) is 2.14. The topological polar surface area (TPSA) is 66.0 Å². The summed E-state index contributed by atoms with van der Waals surface area (Å²) in [6, 6.07) is 0. The zero-order chi connectivity index (χ0) is 13.8. The van der Waals surface area contributed by atoms with Crippen molar-refractivity contribution in [3.8, 4) is 0 Å². The van der Waals surface area contributed by atoms with E-state index >= 15 is 0 Å². The third kappa shape index (κ3) is 5.46. The molecular weight excluding hydrogens is 249 g/mol. The molecule has 0 fully saturated rings. The van der Waals surface area contributed by atoms with Gasteiger partial charge in [0.25, 0.3) is 0 Å². The Labute approximate surface area is 103 Å². The average molecular weight is 266 g/mol. The van der Waals surface area contributed by atoms with Crippen LogP contribution in [0.25, 0.3) is 0 Å². The number of aromatic nitrogens is 3. The summed E-state index contributed by atoms with van der Waals surface area (Å²) in [5.41, 5.74) is 5.89. The Kier molecular flexibility index (Phi) is 4.69. The average Bonchev–Trinajstić information content (AvgIpc) is 2.63. The number of rotatable bonds is 6. The van der Waals surface area contributed by atoms with E-state index in [0.29, 0.717) is 18.7 Å². The second-order valence-corrected chi connectivity index (χ2v) is 4.61. The number of aryl methyl sites for hydroxylation is 1. The number of hydrogen-bond acceptors (Lipinski definition) is 4. The second kappa shape index (κ2) is 5.66. The molecule has 2 N–H and O–H groups in total. The van der Waals surface area contributed by atoms with Crippen molar-refractivity contribution in [1.82, 2.24) is 15.0 Å². The first kappa shape index (κ1) is 14.9. The van der Waals surface area contributed by atoms with Crippen LogP contribution in [0, 0.1) is 0 Å². The lowest BCUT2D eigenvalue weighted by atomic mass is 10.0. The van der Waals surface area contributed by atoms with Gasteiger partial charge in [0.1, 0.15) is 12.3 Å². The summed E-state index contributed by atoms with van der Waals surface area (Å²) >= 11 is 0. The van der Waals surface area contributed by atoms with Crippen LogP contribution in [0.3, 0.4) is 0 Å². The highest BCUT2D eigenvalue weighted by Gasteiger charge is 2.27. The Bertz CT molecular complexity index is 370. The van der Waals surface area contributed by atoms with Crippen LogP contribution in [0.15, 0.2) is 6.20 Å². The number of nitrogens with two attached hydrogens (primary N) is 1. The van der Waals surface area contributed by atoms with Crippen molar-refractivity contribution in [2.24, 2.45) is 5.73 Å². The fraction of sp³-hybridized carbons (Fsp3) is 0.800. The molecule has 0 aliphatic rings. The lowest BCUT2D eigenvalue weighted by Crippen LogP contribution is -2.29. The van der Waals surface area contributed by atoms with Crippen molar-refractivity contribution in [3.63, 3.8) is 0 Å². The molecule has 18 heavy (non-hydrogen) atoms. The van der Waals surface area contributed by atoms with Gasteiger partial charge in [-0.2, -0.15) is 13.2 Å². The number of alkyl halides is 3. The van der Waals surface area contributed by atoms with Crippen molar-refractivity contribution in [2.75, 3.05) is 13.2 Å². The summed E-state index contributed by atoms with van der Waals surface area (Å²) in [5, 5.41) is 7.73. The first-order valence-electron chi connectivity index (χ1n) is 5.52. The molecule has 0 aromatic carbocycles. The molecule has 5 nitrogen and oxygen atoms in total. The lowest BCUT2D eigenvalue weighted by Gasteiger charge is -2.13. The molecule has 0 atom stereocenters. The third-order valence-electron chi connectivity index (χ3n) is 2.14. The van der Waals surface area contributed by atoms with Gasteiger partial charge in [0, 0.05) is 13.2 Å². The number of halogens is 3.